The van der Waals surface area contributed by atoms with Gasteiger partial charge in [-0.25, -0.2) is 14.8 Å². The van der Waals surface area contributed by atoms with Gasteiger partial charge in [0.2, 0.25) is 11.8 Å². The number of likely N-dealkylation sites (tertiary alicyclic amines) is 1. The molecule has 1 aliphatic carbocycles. The smallest absolute Gasteiger partial charge is 0.332 e. The largest absolute Gasteiger partial charge is 0.385 e. The van der Waals surface area contributed by atoms with Gasteiger partial charge in [-0.05, 0) is 50.7 Å². The first-order valence-electron chi connectivity index (χ1n) is 15.2. The summed E-state index contributed by atoms with van der Waals surface area (Å²) in [6.45, 7) is 5.01. The number of aromatic amines is 1. The van der Waals surface area contributed by atoms with Crippen molar-refractivity contribution in [3.8, 4) is 11.4 Å². The van der Waals surface area contributed by atoms with Crippen LogP contribution in [0.15, 0.2) is 27.9 Å². The highest BCUT2D eigenvalue weighted by Crippen LogP contribution is 2.29. The van der Waals surface area contributed by atoms with Gasteiger partial charge in [0, 0.05) is 70.5 Å². The maximum atomic E-state index is 13.5. The molecule has 2 amide bonds. The summed E-state index contributed by atoms with van der Waals surface area (Å²) in [4.78, 5) is 68.1. The fourth-order valence-electron chi connectivity index (χ4n) is 6.07. The summed E-state index contributed by atoms with van der Waals surface area (Å²) < 4.78 is 7.88. The molecule has 226 valence electrons. The van der Waals surface area contributed by atoms with Crippen LogP contribution in [0.5, 0.6) is 0 Å². The van der Waals surface area contributed by atoms with Crippen molar-refractivity contribution >= 4 is 28.8 Å². The number of nitrogens with zero attached hydrogens (tertiary/aromatic N) is 6. The van der Waals surface area contributed by atoms with E-state index in [0.717, 1.165) is 38.6 Å². The Hall–Kier alpha value is -3.80. The molecule has 12 heteroatoms. The molecule has 2 fully saturated rings. The molecule has 0 spiro atoms. The number of ether oxygens (including phenoxy) is 1. The Morgan fingerprint density at radius 2 is 1.88 bits per heavy atom. The number of nitrogens with one attached hydrogen (secondary N) is 1. The van der Waals surface area contributed by atoms with Crippen molar-refractivity contribution in [2.45, 2.75) is 77.8 Å². The van der Waals surface area contributed by atoms with Crippen LogP contribution in [0.2, 0.25) is 0 Å². The lowest BCUT2D eigenvalue weighted by atomic mass is 10.1. The number of aryl methyl sites for hydroxylation is 1. The van der Waals surface area contributed by atoms with Crippen LogP contribution in [0.4, 0.5) is 5.82 Å². The minimum absolute atomic E-state index is 0.00312. The number of amides is 2. The molecule has 42 heavy (non-hydrogen) atoms. The number of fused-ring (bicyclic) bond motifs is 1. The van der Waals surface area contributed by atoms with Crippen LogP contribution in [-0.4, -0.2) is 74.2 Å². The summed E-state index contributed by atoms with van der Waals surface area (Å²) in [5.74, 6) is 1.26. The van der Waals surface area contributed by atoms with Crippen molar-refractivity contribution in [2.24, 2.45) is 5.92 Å². The van der Waals surface area contributed by atoms with Gasteiger partial charge >= 0.3 is 5.69 Å². The number of carbonyl (C=O) groups excluding carboxylic acids is 2. The Morgan fingerprint density at radius 3 is 2.55 bits per heavy atom. The fraction of sp³-hybridized carbons (Fsp3) is 0.600. The average molecular weight is 580 g/mol. The highest BCUT2D eigenvalue weighted by molar-refractivity contribution is 5.94. The molecule has 1 aliphatic heterocycles. The molecule has 3 aromatic rings. The first-order valence-corrected chi connectivity index (χ1v) is 15.2. The lowest BCUT2D eigenvalue weighted by Gasteiger charge is -2.26. The number of rotatable bonds is 13. The Bertz CT molecular complexity index is 1520. The maximum absolute atomic E-state index is 13.5. The zero-order chi connectivity index (χ0) is 29.6. The van der Waals surface area contributed by atoms with E-state index in [0.29, 0.717) is 74.8 Å². The summed E-state index contributed by atoms with van der Waals surface area (Å²) >= 11 is 0. The number of anilines is 1. The molecule has 2 aliphatic rings. The number of H-pyrrole nitrogens is 1. The minimum Gasteiger partial charge on any atom is -0.385 e. The van der Waals surface area contributed by atoms with Crippen molar-refractivity contribution in [1.29, 1.82) is 0 Å². The zero-order valence-electron chi connectivity index (χ0n) is 24.6. The van der Waals surface area contributed by atoms with Gasteiger partial charge in [-0.15, -0.1) is 0 Å². The van der Waals surface area contributed by atoms with Gasteiger partial charge in [0.25, 0.3) is 5.56 Å². The molecule has 0 radical (unpaired) electrons. The van der Waals surface area contributed by atoms with Crippen LogP contribution < -0.4 is 16.1 Å². The molecular formula is C30H41N7O5. The average Bonchev–Trinajstić information content (AvgIpc) is 3.77. The van der Waals surface area contributed by atoms with E-state index in [2.05, 4.69) is 15.0 Å². The summed E-state index contributed by atoms with van der Waals surface area (Å²) in [6, 6.07) is 3.64. The third-order valence-corrected chi connectivity index (χ3v) is 8.29. The van der Waals surface area contributed by atoms with Crippen LogP contribution in [-0.2, 0) is 27.4 Å². The minimum atomic E-state index is -0.411. The highest BCUT2D eigenvalue weighted by Gasteiger charge is 2.29. The first kappa shape index (κ1) is 29.7. The topological polar surface area (TPSA) is 135 Å². The van der Waals surface area contributed by atoms with Crippen molar-refractivity contribution in [2.75, 3.05) is 38.3 Å². The summed E-state index contributed by atoms with van der Waals surface area (Å²) in [6.07, 6.45) is 8.97. The third kappa shape index (κ3) is 6.18. The lowest BCUT2D eigenvalue weighted by molar-refractivity contribution is -0.127. The Morgan fingerprint density at radius 1 is 1.07 bits per heavy atom. The van der Waals surface area contributed by atoms with Gasteiger partial charge in [-0.1, -0.05) is 19.8 Å². The van der Waals surface area contributed by atoms with Gasteiger partial charge in [-0.2, -0.15) is 0 Å². The van der Waals surface area contributed by atoms with E-state index in [4.69, 9.17) is 4.74 Å². The summed E-state index contributed by atoms with van der Waals surface area (Å²) in [5, 5.41) is 0. The van der Waals surface area contributed by atoms with E-state index in [1.807, 2.05) is 17.9 Å². The number of carbonyl (C=O) groups is 2. The first-order chi connectivity index (χ1) is 20.4. The van der Waals surface area contributed by atoms with Gasteiger partial charge in [-0.3, -0.25) is 28.4 Å². The van der Waals surface area contributed by atoms with E-state index in [1.54, 1.807) is 28.8 Å². The standard InChI is InChI=1S/C30H41N7O5/c1-3-14-36-27-25(29(40)37(30(36)41)18-8-19-42-2)32-26(33-27)22-12-13-23(31-20-22)35(28(39)21-9-4-5-10-21)17-7-16-34-15-6-11-24(34)38/h12-13,20-21H,3-11,14-19H2,1-2H3,(H,32,33). The molecule has 0 unspecified atom stereocenters. The van der Waals surface area contributed by atoms with E-state index in [-0.39, 0.29) is 35.5 Å². The monoisotopic (exact) mass is 579 g/mol. The van der Waals surface area contributed by atoms with Crippen LogP contribution in [0.1, 0.15) is 64.7 Å². The van der Waals surface area contributed by atoms with E-state index in [9.17, 15) is 19.2 Å². The van der Waals surface area contributed by atoms with Crippen LogP contribution in [0, 0.1) is 5.92 Å². The van der Waals surface area contributed by atoms with Crippen molar-refractivity contribution < 1.29 is 14.3 Å². The van der Waals surface area contributed by atoms with E-state index >= 15 is 0 Å². The Labute approximate surface area is 244 Å². The van der Waals surface area contributed by atoms with Gasteiger partial charge in [0.05, 0.1) is 0 Å². The molecule has 0 bridgehead atoms. The second-order valence-corrected chi connectivity index (χ2v) is 11.2. The lowest BCUT2D eigenvalue weighted by Crippen LogP contribution is -2.40. The maximum Gasteiger partial charge on any atom is 0.332 e. The molecule has 0 aromatic carbocycles. The molecule has 5 rings (SSSR count). The summed E-state index contributed by atoms with van der Waals surface area (Å²) in [5.41, 5.74) is 0.449. The van der Waals surface area contributed by atoms with Gasteiger partial charge in [0.15, 0.2) is 5.65 Å². The van der Waals surface area contributed by atoms with E-state index in [1.165, 1.54) is 4.57 Å². The van der Waals surface area contributed by atoms with Gasteiger partial charge < -0.3 is 14.6 Å². The molecule has 12 nitrogen and oxygen atoms in total. The molecule has 3 aromatic heterocycles. The third-order valence-electron chi connectivity index (χ3n) is 8.29. The fourth-order valence-corrected chi connectivity index (χ4v) is 6.07. The number of hydrogen-bond acceptors (Lipinski definition) is 7. The molecule has 1 saturated heterocycles. The van der Waals surface area contributed by atoms with Crippen LogP contribution in [0.3, 0.4) is 0 Å². The Kier molecular flexibility index (Phi) is 9.51. The normalized spacial score (nSPS) is 15.8. The van der Waals surface area contributed by atoms with Crippen molar-refractivity contribution in [3.05, 3.63) is 39.2 Å². The van der Waals surface area contributed by atoms with Crippen LogP contribution >= 0.6 is 0 Å². The predicted molar refractivity (Wildman–Crippen MR) is 159 cm³/mol. The highest BCUT2D eigenvalue weighted by atomic mass is 16.5. The number of aromatic nitrogens is 5. The summed E-state index contributed by atoms with van der Waals surface area (Å²) in [7, 11) is 1.59. The second-order valence-electron chi connectivity index (χ2n) is 11.2. The quantitative estimate of drug-likeness (QED) is 0.308. The number of methoxy groups -OCH3 is 1. The zero-order valence-corrected chi connectivity index (χ0v) is 24.6. The Balaban J connectivity index is 1.41. The molecule has 0 atom stereocenters. The number of pyridine rings is 1. The van der Waals surface area contributed by atoms with Gasteiger partial charge in [0.1, 0.15) is 17.2 Å². The number of imidazole rings is 1. The molecular weight excluding hydrogens is 538 g/mol. The van der Waals surface area contributed by atoms with Crippen molar-refractivity contribution in [1.82, 2.24) is 29.0 Å². The predicted octanol–water partition coefficient (Wildman–Crippen LogP) is 2.93. The second kappa shape index (κ2) is 13.5. The SMILES string of the molecule is CCCn1c(=O)n(CCCOC)c(=O)c2[nH]c(-c3ccc(N(CCCN4CCCC4=O)C(=O)C4CCCC4)nc3)nc21. The number of hydrogen-bond donors (Lipinski definition) is 1. The molecule has 1 saturated carbocycles. The van der Waals surface area contributed by atoms with Crippen LogP contribution in [0.25, 0.3) is 22.6 Å². The molecule has 4 heterocycles. The van der Waals surface area contributed by atoms with E-state index < -0.39 is 5.56 Å². The molecule has 1 N–H and O–H groups in total. The van der Waals surface area contributed by atoms with Crippen molar-refractivity contribution in [3.63, 3.8) is 0 Å².